The Morgan fingerprint density at radius 1 is 1.35 bits per heavy atom. The van der Waals surface area contributed by atoms with E-state index in [0.29, 0.717) is 6.04 Å². The summed E-state index contributed by atoms with van der Waals surface area (Å²) in [6.07, 6.45) is 1.89. The molecule has 0 amide bonds. The van der Waals surface area contributed by atoms with E-state index in [1.807, 2.05) is 6.20 Å². The molecule has 2 heterocycles. The molecule has 1 atom stereocenters. The Labute approximate surface area is 124 Å². The highest BCUT2D eigenvalue weighted by Crippen LogP contribution is 2.28. The second-order valence-electron chi connectivity index (χ2n) is 6.02. The molecule has 106 valence electrons. The van der Waals surface area contributed by atoms with Gasteiger partial charge in [-0.3, -0.25) is 4.90 Å². The van der Waals surface area contributed by atoms with Crippen molar-refractivity contribution in [3.8, 4) is 0 Å². The molecule has 20 heavy (non-hydrogen) atoms. The zero-order valence-corrected chi connectivity index (χ0v) is 12.9. The molecule has 3 nitrogen and oxygen atoms in total. The Morgan fingerprint density at radius 3 is 2.85 bits per heavy atom. The third-order valence-electron chi connectivity index (χ3n) is 3.82. The van der Waals surface area contributed by atoms with Crippen molar-refractivity contribution < 1.29 is 0 Å². The fourth-order valence-electron chi connectivity index (χ4n) is 2.85. The van der Waals surface area contributed by atoms with Crippen LogP contribution in [-0.2, 0) is 6.54 Å². The number of hydrogen-bond acceptors (Lipinski definition) is 4. The maximum Gasteiger partial charge on any atom is 0.107 e. The average Bonchev–Trinajstić information content (AvgIpc) is 2.92. The standard InChI is InChI=1S/C16H21N3S/c1-16(2)12-19(11-15-17-8-9-20-15)14(10-18-16)13-6-4-3-5-7-13/h3-9,14,18H,10-12H2,1-2H3. The number of nitrogens with one attached hydrogen (secondary N) is 1. The molecule has 1 aliphatic rings. The fourth-order valence-corrected chi connectivity index (χ4v) is 3.49. The Balaban J connectivity index is 1.83. The van der Waals surface area contributed by atoms with Crippen molar-refractivity contribution in [3.63, 3.8) is 0 Å². The Morgan fingerprint density at radius 2 is 2.15 bits per heavy atom. The molecule has 1 N–H and O–H groups in total. The molecular formula is C16H21N3S. The Kier molecular flexibility index (Phi) is 3.87. The van der Waals surface area contributed by atoms with Crippen LogP contribution in [0.25, 0.3) is 0 Å². The second kappa shape index (κ2) is 5.64. The molecule has 2 aromatic rings. The van der Waals surface area contributed by atoms with Crippen LogP contribution in [0.2, 0.25) is 0 Å². The van der Waals surface area contributed by atoms with Gasteiger partial charge in [0.15, 0.2) is 0 Å². The van der Waals surface area contributed by atoms with Crippen molar-refractivity contribution in [3.05, 3.63) is 52.5 Å². The third-order valence-corrected chi connectivity index (χ3v) is 4.58. The molecule has 3 rings (SSSR count). The highest BCUT2D eigenvalue weighted by molar-refractivity contribution is 7.09. The van der Waals surface area contributed by atoms with Crippen molar-refractivity contribution in [1.29, 1.82) is 0 Å². The van der Waals surface area contributed by atoms with E-state index in [9.17, 15) is 0 Å². The number of piperazine rings is 1. The van der Waals surface area contributed by atoms with Gasteiger partial charge in [0.25, 0.3) is 0 Å². The van der Waals surface area contributed by atoms with E-state index in [2.05, 4.69) is 64.8 Å². The lowest BCUT2D eigenvalue weighted by Crippen LogP contribution is -2.57. The molecule has 0 spiro atoms. The molecule has 1 fully saturated rings. The van der Waals surface area contributed by atoms with Crippen molar-refractivity contribution >= 4 is 11.3 Å². The molecule has 0 aliphatic carbocycles. The monoisotopic (exact) mass is 287 g/mol. The molecule has 0 bridgehead atoms. The molecule has 1 unspecified atom stereocenters. The first-order valence-electron chi connectivity index (χ1n) is 7.06. The lowest BCUT2D eigenvalue weighted by molar-refractivity contribution is 0.0879. The molecular weight excluding hydrogens is 266 g/mol. The van der Waals surface area contributed by atoms with Crippen LogP contribution in [0, 0.1) is 0 Å². The van der Waals surface area contributed by atoms with Gasteiger partial charge in [-0.1, -0.05) is 30.3 Å². The number of aromatic nitrogens is 1. The van der Waals surface area contributed by atoms with Gasteiger partial charge in [-0.2, -0.15) is 0 Å². The summed E-state index contributed by atoms with van der Waals surface area (Å²) >= 11 is 1.74. The van der Waals surface area contributed by atoms with E-state index in [1.54, 1.807) is 11.3 Å². The lowest BCUT2D eigenvalue weighted by Gasteiger charge is -2.44. The smallest absolute Gasteiger partial charge is 0.107 e. The summed E-state index contributed by atoms with van der Waals surface area (Å²) in [4.78, 5) is 6.99. The molecule has 1 aromatic heterocycles. The summed E-state index contributed by atoms with van der Waals surface area (Å²) in [7, 11) is 0. The summed E-state index contributed by atoms with van der Waals surface area (Å²) in [5.41, 5.74) is 1.54. The second-order valence-corrected chi connectivity index (χ2v) is 7.00. The Bertz CT molecular complexity index is 536. The van der Waals surface area contributed by atoms with Crippen molar-refractivity contribution in [2.45, 2.75) is 32.0 Å². The van der Waals surface area contributed by atoms with Gasteiger partial charge in [-0.25, -0.2) is 4.98 Å². The maximum atomic E-state index is 4.44. The van der Waals surface area contributed by atoms with Crippen LogP contribution in [0.4, 0.5) is 0 Å². The molecule has 1 aromatic carbocycles. The zero-order chi connectivity index (χ0) is 14.0. The molecule has 1 saturated heterocycles. The first kappa shape index (κ1) is 13.7. The van der Waals surface area contributed by atoms with Crippen LogP contribution < -0.4 is 5.32 Å². The normalized spacial score (nSPS) is 22.8. The van der Waals surface area contributed by atoms with Crippen molar-refractivity contribution in [1.82, 2.24) is 15.2 Å². The van der Waals surface area contributed by atoms with E-state index in [0.717, 1.165) is 19.6 Å². The van der Waals surface area contributed by atoms with Gasteiger partial charge in [0.1, 0.15) is 5.01 Å². The van der Waals surface area contributed by atoms with E-state index >= 15 is 0 Å². The van der Waals surface area contributed by atoms with E-state index in [-0.39, 0.29) is 5.54 Å². The minimum atomic E-state index is 0.155. The van der Waals surface area contributed by atoms with Crippen LogP contribution in [0.1, 0.15) is 30.5 Å². The number of thiazole rings is 1. The van der Waals surface area contributed by atoms with Crippen LogP contribution in [0.15, 0.2) is 41.9 Å². The first-order valence-corrected chi connectivity index (χ1v) is 7.94. The van der Waals surface area contributed by atoms with Gasteiger partial charge >= 0.3 is 0 Å². The van der Waals surface area contributed by atoms with Crippen LogP contribution in [0.3, 0.4) is 0 Å². The zero-order valence-electron chi connectivity index (χ0n) is 12.0. The lowest BCUT2D eigenvalue weighted by atomic mass is 9.95. The van der Waals surface area contributed by atoms with Crippen molar-refractivity contribution in [2.75, 3.05) is 13.1 Å². The molecule has 4 heteroatoms. The maximum absolute atomic E-state index is 4.44. The number of benzene rings is 1. The van der Waals surface area contributed by atoms with Gasteiger partial charge in [-0.15, -0.1) is 11.3 Å². The van der Waals surface area contributed by atoms with Crippen LogP contribution in [0.5, 0.6) is 0 Å². The highest BCUT2D eigenvalue weighted by atomic mass is 32.1. The average molecular weight is 287 g/mol. The molecule has 0 saturated carbocycles. The number of hydrogen-bond donors (Lipinski definition) is 1. The summed E-state index contributed by atoms with van der Waals surface area (Å²) in [6.45, 7) is 7.49. The van der Waals surface area contributed by atoms with Gasteiger partial charge in [0.2, 0.25) is 0 Å². The molecule has 1 aliphatic heterocycles. The minimum Gasteiger partial charge on any atom is -0.309 e. The third kappa shape index (κ3) is 3.08. The topological polar surface area (TPSA) is 28.2 Å². The van der Waals surface area contributed by atoms with Crippen LogP contribution >= 0.6 is 11.3 Å². The van der Waals surface area contributed by atoms with Gasteiger partial charge < -0.3 is 5.32 Å². The summed E-state index contributed by atoms with van der Waals surface area (Å²) in [5, 5.41) is 6.91. The van der Waals surface area contributed by atoms with E-state index < -0.39 is 0 Å². The predicted octanol–water partition coefficient (Wildman–Crippen LogP) is 3.07. The number of rotatable bonds is 3. The first-order chi connectivity index (χ1) is 9.64. The molecule has 0 radical (unpaired) electrons. The summed E-state index contributed by atoms with van der Waals surface area (Å²) < 4.78 is 0. The highest BCUT2D eigenvalue weighted by Gasteiger charge is 2.33. The number of nitrogens with zero attached hydrogens (tertiary/aromatic N) is 2. The summed E-state index contributed by atoms with van der Waals surface area (Å²) in [5.74, 6) is 0. The summed E-state index contributed by atoms with van der Waals surface area (Å²) in [6, 6.07) is 11.2. The quantitative estimate of drug-likeness (QED) is 0.940. The van der Waals surface area contributed by atoms with E-state index in [1.165, 1.54) is 10.6 Å². The van der Waals surface area contributed by atoms with Crippen molar-refractivity contribution in [2.24, 2.45) is 0 Å². The van der Waals surface area contributed by atoms with Gasteiger partial charge in [0.05, 0.1) is 6.54 Å². The minimum absolute atomic E-state index is 0.155. The van der Waals surface area contributed by atoms with E-state index in [4.69, 9.17) is 0 Å². The van der Waals surface area contributed by atoms with Gasteiger partial charge in [-0.05, 0) is 19.4 Å². The fraction of sp³-hybridized carbons (Fsp3) is 0.438. The predicted molar refractivity (Wildman–Crippen MR) is 83.8 cm³/mol. The SMILES string of the molecule is CC1(C)CN(Cc2nccs2)C(c2ccccc2)CN1. The largest absolute Gasteiger partial charge is 0.309 e. The Hall–Kier alpha value is -1.23. The van der Waals surface area contributed by atoms with Crippen LogP contribution in [-0.4, -0.2) is 28.5 Å². The van der Waals surface area contributed by atoms with Gasteiger partial charge in [0, 0.05) is 36.2 Å².